The zero-order valence-electron chi connectivity index (χ0n) is 22.6. The lowest BCUT2D eigenvalue weighted by Gasteiger charge is -2.29. The Bertz CT molecular complexity index is 1380. The van der Waals surface area contributed by atoms with Gasteiger partial charge in [-0.15, -0.1) is 0 Å². The molecule has 39 heavy (non-hydrogen) atoms. The maximum atomic E-state index is 13.7. The van der Waals surface area contributed by atoms with Crippen molar-refractivity contribution >= 4 is 28.5 Å². The summed E-state index contributed by atoms with van der Waals surface area (Å²) in [6.07, 6.45) is 2.61. The number of anilines is 1. The molecule has 0 fully saturated rings. The molecule has 0 saturated heterocycles. The summed E-state index contributed by atoms with van der Waals surface area (Å²) in [4.78, 5) is 33.5. The monoisotopic (exact) mass is 530 g/mol. The number of benzene rings is 3. The summed E-state index contributed by atoms with van der Waals surface area (Å²) in [6, 6.07) is 20.9. The first-order valence-electron chi connectivity index (χ1n) is 13.1. The fourth-order valence-corrected chi connectivity index (χ4v) is 4.50. The molecule has 2 N–H and O–H groups in total. The van der Waals surface area contributed by atoms with Gasteiger partial charge >= 0.3 is 6.03 Å². The Morgan fingerprint density at radius 2 is 1.69 bits per heavy atom. The molecule has 0 aliphatic carbocycles. The second kappa shape index (κ2) is 13.0. The van der Waals surface area contributed by atoms with Gasteiger partial charge in [-0.3, -0.25) is 4.79 Å². The number of nitrogens with one attached hydrogen (secondary N) is 2. The van der Waals surface area contributed by atoms with E-state index in [0.29, 0.717) is 37.5 Å². The fraction of sp³-hybridized carbons (Fsp3) is 0.290. The quantitative estimate of drug-likeness (QED) is 0.247. The molecule has 0 spiro atoms. The van der Waals surface area contributed by atoms with Crippen molar-refractivity contribution in [3.05, 3.63) is 95.9 Å². The van der Waals surface area contributed by atoms with Crippen LogP contribution in [-0.4, -0.2) is 53.5 Å². The molecule has 4 aromatic rings. The van der Waals surface area contributed by atoms with Crippen LogP contribution in [-0.2, 0) is 17.8 Å². The number of carbonyl (C=O) groups is 2. The molecule has 4 rings (SSSR count). The number of hydrogen-bond donors (Lipinski definition) is 2. The maximum absolute atomic E-state index is 13.7. The van der Waals surface area contributed by atoms with E-state index >= 15 is 0 Å². The first-order chi connectivity index (χ1) is 18.8. The molecular formula is C31H35FN4O3. The van der Waals surface area contributed by atoms with Crippen LogP contribution in [0.15, 0.2) is 79.0 Å². The third-order valence-corrected chi connectivity index (χ3v) is 6.51. The van der Waals surface area contributed by atoms with Crippen LogP contribution in [0.1, 0.15) is 25.0 Å². The number of urea groups is 1. The number of halogens is 1. The van der Waals surface area contributed by atoms with Gasteiger partial charge in [-0.05, 0) is 65.9 Å². The van der Waals surface area contributed by atoms with Crippen molar-refractivity contribution in [1.29, 1.82) is 0 Å². The molecule has 0 aliphatic rings. The van der Waals surface area contributed by atoms with Gasteiger partial charge in [0.1, 0.15) is 18.1 Å². The standard InChI is InChI=1S/C31H35FN4O3/c1-22(2)19-36(31(38)34-26-12-14-27(39-3)15-13-26)21-30(37)35(20-23-8-10-25(32)11-9-23)17-16-24-18-33-29-7-5-4-6-28(24)29/h4-15,18,22,33H,16-17,19-21H2,1-3H3,(H,34,38). The number of methoxy groups -OCH3 is 1. The molecule has 8 heteroatoms. The lowest BCUT2D eigenvalue weighted by molar-refractivity contribution is -0.132. The summed E-state index contributed by atoms with van der Waals surface area (Å²) in [7, 11) is 1.58. The molecule has 0 saturated carbocycles. The normalized spacial score (nSPS) is 11.0. The summed E-state index contributed by atoms with van der Waals surface area (Å²) >= 11 is 0. The van der Waals surface area contributed by atoms with Crippen molar-refractivity contribution < 1.29 is 18.7 Å². The molecule has 0 radical (unpaired) electrons. The molecular weight excluding hydrogens is 495 g/mol. The average Bonchev–Trinajstić information content (AvgIpc) is 3.35. The molecule has 3 amide bonds. The van der Waals surface area contributed by atoms with Crippen LogP contribution in [0.25, 0.3) is 10.9 Å². The van der Waals surface area contributed by atoms with E-state index in [2.05, 4.69) is 16.4 Å². The average molecular weight is 531 g/mol. The highest BCUT2D eigenvalue weighted by Crippen LogP contribution is 2.20. The largest absolute Gasteiger partial charge is 0.497 e. The minimum absolute atomic E-state index is 0.0742. The SMILES string of the molecule is COc1ccc(NC(=O)N(CC(=O)N(CCc2c[nH]c3ccccc23)Cc2ccc(F)cc2)CC(C)C)cc1. The summed E-state index contributed by atoms with van der Waals surface area (Å²) in [5.41, 5.74) is 3.59. The van der Waals surface area contributed by atoms with Crippen LogP contribution in [0.3, 0.4) is 0 Å². The van der Waals surface area contributed by atoms with Crippen molar-refractivity contribution in [1.82, 2.24) is 14.8 Å². The van der Waals surface area contributed by atoms with Gasteiger partial charge in [0, 0.05) is 42.4 Å². The van der Waals surface area contributed by atoms with Crippen LogP contribution in [0.4, 0.5) is 14.9 Å². The number of aromatic nitrogens is 1. The van der Waals surface area contributed by atoms with Gasteiger partial charge in [0.15, 0.2) is 0 Å². The number of fused-ring (bicyclic) bond motifs is 1. The van der Waals surface area contributed by atoms with Crippen LogP contribution >= 0.6 is 0 Å². The van der Waals surface area contributed by atoms with E-state index in [1.165, 1.54) is 12.1 Å². The zero-order valence-corrected chi connectivity index (χ0v) is 22.6. The second-order valence-electron chi connectivity index (χ2n) is 9.98. The van der Waals surface area contributed by atoms with Crippen LogP contribution in [0.5, 0.6) is 5.75 Å². The van der Waals surface area contributed by atoms with Gasteiger partial charge in [0.05, 0.1) is 7.11 Å². The predicted molar refractivity (Wildman–Crippen MR) is 152 cm³/mol. The number of para-hydroxylation sites is 1. The molecule has 3 aromatic carbocycles. The van der Waals surface area contributed by atoms with Gasteiger partial charge < -0.3 is 24.8 Å². The predicted octanol–water partition coefficient (Wildman–Crippen LogP) is 6.08. The number of amides is 3. The topological polar surface area (TPSA) is 77.7 Å². The number of H-pyrrole nitrogens is 1. The lowest BCUT2D eigenvalue weighted by atomic mass is 10.1. The number of carbonyl (C=O) groups excluding carboxylic acids is 2. The number of hydrogen-bond acceptors (Lipinski definition) is 3. The molecule has 0 unspecified atom stereocenters. The Balaban J connectivity index is 1.50. The lowest BCUT2D eigenvalue weighted by Crippen LogP contribution is -2.46. The number of ether oxygens (including phenoxy) is 1. The number of nitrogens with zero attached hydrogens (tertiary/aromatic N) is 2. The van der Waals surface area contributed by atoms with Crippen LogP contribution in [0, 0.1) is 11.7 Å². The first kappa shape index (κ1) is 27.7. The minimum atomic E-state index is -0.347. The third kappa shape index (κ3) is 7.60. The van der Waals surface area contributed by atoms with Crippen LogP contribution in [0.2, 0.25) is 0 Å². The molecule has 0 bridgehead atoms. The Kier molecular flexibility index (Phi) is 9.20. The fourth-order valence-electron chi connectivity index (χ4n) is 4.50. The van der Waals surface area contributed by atoms with Crippen molar-refractivity contribution in [3.63, 3.8) is 0 Å². The van der Waals surface area contributed by atoms with Gasteiger partial charge in [-0.1, -0.05) is 44.2 Å². The van der Waals surface area contributed by atoms with Crippen molar-refractivity contribution in [3.8, 4) is 5.75 Å². The Labute approximate surface area is 228 Å². The van der Waals surface area contributed by atoms with Crippen LogP contribution < -0.4 is 10.1 Å². The van der Waals surface area contributed by atoms with Crippen molar-refractivity contribution in [2.45, 2.75) is 26.8 Å². The van der Waals surface area contributed by atoms with Gasteiger partial charge in [0.25, 0.3) is 0 Å². The van der Waals surface area contributed by atoms with E-state index < -0.39 is 0 Å². The minimum Gasteiger partial charge on any atom is -0.497 e. The molecule has 7 nitrogen and oxygen atoms in total. The summed E-state index contributed by atoms with van der Waals surface area (Å²) in [5.74, 6) is 0.350. The van der Waals surface area contributed by atoms with Gasteiger partial charge in [-0.2, -0.15) is 0 Å². The summed E-state index contributed by atoms with van der Waals surface area (Å²) < 4.78 is 18.7. The number of rotatable bonds is 11. The zero-order chi connectivity index (χ0) is 27.8. The maximum Gasteiger partial charge on any atom is 0.322 e. The van der Waals surface area contributed by atoms with Crippen molar-refractivity contribution in [2.75, 3.05) is 32.1 Å². The molecule has 1 aromatic heterocycles. The summed E-state index contributed by atoms with van der Waals surface area (Å²) in [6.45, 7) is 5.12. The molecule has 0 atom stereocenters. The van der Waals surface area contributed by atoms with E-state index in [1.807, 2.05) is 38.2 Å². The van der Waals surface area contributed by atoms with Crippen molar-refractivity contribution in [2.24, 2.45) is 5.92 Å². The third-order valence-electron chi connectivity index (χ3n) is 6.51. The molecule has 0 aliphatic heterocycles. The first-order valence-corrected chi connectivity index (χ1v) is 13.1. The highest BCUT2D eigenvalue weighted by Gasteiger charge is 2.23. The summed E-state index contributed by atoms with van der Waals surface area (Å²) in [5, 5.41) is 4.01. The smallest absolute Gasteiger partial charge is 0.322 e. The van der Waals surface area contributed by atoms with E-state index in [1.54, 1.807) is 53.3 Å². The Morgan fingerprint density at radius 1 is 0.974 bits per heavy atom. The Hall–Kier alpha value is -4.33. The van der Waals surface area contributed by atoms with E-state index in [4.69, 9.17) is 4.74 Å². The van der Waals surface area contributed by atoms with E-state index in [-0.39, 0.29) is 30.2 Å². The van der Waals surface area contributed by atoms with E-state index in [9.17, 15) is 14.0 Å². The Morgan fingerprint density at radius 3 is 2.38 bits per heavy atom. The molecule has 1 heterocycles. The van der Waals surface area contributed by atoms with E-state index in [0.717, 1.165) is 22.0 Å². The highest BCUT2D eigenvalue weighted by molar-refractivity contribution is 5.92. The second-order valence-corrected chi connectivity index (χ2v) is 9.98. The van der Waals surface area contributed by atoms with Gasteiger partial charge in [0.2, 0.25) is 5.91 Å². The number of aromatic amines is 1. The molecule has 204 valence electrons. The van der Waals surface area contributed by atoms with Gasteiger partial charge in [-0.25, -0.2) is 9.18 Å². The highest BCUT2D eigenvalue weighted by atomic mass is 19.1.